The minimum atomic E-state index is -0.0819. The Kier molecular flexibility index (Phi) is 3.41. The van der Waals surface area contributed by atoms with E-state index >= 15 is 0 Å². The predicted molar refractivity (Wildman–Crippen MR) is 47.6 cm³/mol. The van der Waals surface area contributed by atoms with E-state index in [-0.39, 0.29) is 6.10 Å². The van der Waals surface area contributed by atoms with Crippen molar-refractivity contribution in [2.24, 2.45) is 5.92 Å². The van der Waals surface area contributed by atoms with Gasteiger partial charge in [0.2, 0.25) is 0 Å². The molecule has 2 heteroatoms. The Balaban J connectivity index is 2.10. The number of allylic oxidation sites excluding steroid dienone is 1. The molecule has 1 N–H and O–H groups in total. The van der Waals surface area contributed by atoms with Crippen LogP contribution in [0.3, 0.4) is 0 Å². The summed E-state index contributed by atoms with van der Waals surface area (Å²) in [5.74, 6) is 0.595. The maximum atomic E-state index is 9.46. The highest BCUT2D eigenvalue weighted by Gasteiger charge is 2.28. The van der Waals surface area contributed by atoms with Gasteiger partial charge in [0.15, 0.2) is 0 Å². The molecule has 1 saturated carbocycles. The predicted octanol–water partition coefficient (Wildman–Crippen LogP) is 2.68. The summed E-state index contributed by atoms with van der Waals surface area (Å²) >= 11 is 5.49. The lowest BCUT2D eigenvalue weighted by molar-refractivity contribution is 0.142. The number of rotatable bonds is 4. The normalized spacial score (nSPS) is 21.9. The molecule has 1 nitrogen and oxygen atoms in total. The summed E-state index contributed by atoms with van der Waals surface area (Å²) in [5, 5.41) is 9.46. The lowest BCUT2D eigenvalue weighted by atomic mass is 10.1. The highest BCUT2D eigenvalue weighted by Crippen LogP contribution is 2.34. The fraction of sp³-hybridized carbons (Fsp3) is 0.778. The van der Waals surface area contributed by atoms with Crippen LogP contribution in [0.4, 0.5) is 0 Å². The minimum absolute atomic E-state index is 0.0819. The van der Waals surface area contributed by atoms with Crippen LogP contribution in [-0.2, 0) is 0 Å². The zero-order valence-electron chi connectivity index (χ0n) is 6.89. The molecule has 0 aromatic carbocycles. The molecule has 0 heterocycles. The van der Waals surface area contributed by atoms with Crippen LogP contribution in [0.5, 0.6) is 0 Å². The third-order valence-electron chi connectivity index (χ3n) is 2.19. The molecular weight excluding hydrogens is 160 g/mol. The van der Waals surface area contributed by atoms with E-state index in [2.05, 4.69) is 0 Å². The summed E-state index contributed by atoms with van der Waals surface area (Å²) < 4.78 is 0. The summed E-state index contributed by atoms with van der Waals surface area (Å²) in [4.78, 5) is 0. The highest BCUT2D eigenvalue weighted by molar-refractivity contribution is 6.25. The Morgan fingerprint density at radius 3 is 2.82 bits per heavy atom. The molecule has 0 aliphatic heterocycles. The van der Waals surface area contributed by atoms with Crippen molar-refractivity contribution >= 4 is 11.6 Å². The van der Waals surface area contributed by atoms with Crippen molar-refractivity contribution in [1.29, 1.82) is 0 Å². The maximum Gasteiger partial charge on any atom is 0.0571 e. The van der Waals surface area contributed by atoms with Crippen molar-refractivity contribution in [3.05, 3.63) is 11.1 Å². The number of aliphatic hydroxyl groups excluding tert-OH is 1. The Labute approximate surface area is 73.1 Å². The molecule has 11 heavy (non-hydrogen) atoms. The van der Waals surface area contributed by atoms with Crippen LogP contribution in [0, 0.1) is 5.92 Å². The van der Waals surface area contributed by atoms with Crippen LogP contribution in [0.2, 0.25) is 0 Å². The summed E-state index contributed by atoms with van der Waals surface area (Å²) in [7, 11) is 0. The van der Waals surface area contributed by atoms with Gasteiger partial charge in [-0.3, -0.25) is 0 Å². The number of hydrogen-bond donors (Lipinski definition) is 1. The van der Waals surface area contributed by atoms with Gasteiger partial charge in [-0.2, -0.15) is 0 Å². The van der Waals surface area contributed by atoms with Gasteiger partial charge in [0.1, 0.15) is 0 Å². The Morgan fingerprint density at radius 2 is 2.36 bits per heavy atom. The van der Waals surface area contributed by atoms with Gasteiger partial charge in [0.25, 0.3) is 0 Å². The Hall–Kier alpha value is -0.0100. The fourth-order valence-electron chi connectivity index (χ4n) is 1.15. The summed E-state index contributed by atoms with van der Waals surface area (Å²) in [6.07, 6.45) is 4.15. The van der Waals surface area contributed by atoms with Crippen LogP contribution in [-0.4, -0.2) is 11.2 Å². The van der Waals surface area contributed by atoms with E-state index in [4.69, 9.17) is 11.6 Å². The second-order valence-corrected chi connectivity index (χ2v) is 3.62. The molecule has 0 aromatic heterocycles. The van der Waals surface area contributed by atoms with E-state index in [1.165, 1.54) is 12.8 Å². The van der Waals surface area contributed by atoms with Gasteiger partial charge >= 0.3 is 0 Å². The number of hydrogen-bond acceptors (Lipinski definition) is 1. The third kappa shape index (κ3) is 3.26. The standard InChI is InChI=1S/C9H15ClO/c1-7(6-10)2-5-9(11)8-3-4-8/h6,8-9,11H,2-5H2,1H3. The summed E-state index contributed by atoms with van der Waals surface area (Å²) in [5.41, 5.74) is 2.76. The van der Waals surface area contributed by atoms with Crippen LogP contribution in [0.25, 0.3) is 0 Å². The highest BCUT2D eigenvalue weighted by atomic mass is 35.5. The summed E-state index contributed by atoms with van der Waals surface area (Å²) in [6, 6.07) is 0. The van der Waals surface area contributed by atoms with E-state index in [9.17, 15) is 5.11 Å². The monoisotopic (exact) mass is 174 g/mol. The smallest absolute Gasteiger partial charge is 0.0571 e. The van der Waals surface area contributed by atoms with E-state index < -0.39 is 0 Å². The molecule has 0 aromatic rings. The van der Waals surface area contributed by atoms with Gasteiger partial charge < -0.3 is 5.11 Å². The van der Waals surface area contributed by atoms with E-state index in [0.717, 1.165) is 18.4 Å². The van der Waals surface area contributed by atoms with Crippen molar-refractivity contribution in [2.45, 2.75) is 38.7 Å². The van der Waals surface area contributed by atoms with Gasteiger partial charge in [-0.1, -0.05) is 17.2 Å². The molecule has 1 aliphatic rings. The van der Waals surface area contributed by atoms with Gasteiger partial charge in [0, 0.05) is 5.54 Å². The van der Waals surface area contributed by atoms with Gasteiger partial charge in [-0.25, -0.2) is 0 Å². The molecule has 1 unspecified atom stereocenters. The number of aliphatic hydroxyl groups is 1. The molecule has 0 saturated heterocycles. The summed E-state index contributed by atoms with van der Waals surface area (Å²) in [6.45, 7) is 1.99. The van der Waals surface area contributed by atoms with E-state index in [1.807, 2.05) is 6.92 Å². The topological polar surface area (TPSA) is 20.2 Å². The van der Waals surface area contributed by atoms with Crippen molar-refractivity contribution in [1.82, 2.24) is 0 Å². The maximum absolute atomic E-state index is 9.46. The third-order valence-corrected chi connectivity index (χ3v) is 2.56. The lowest BCUT2D eigenvalue weighted by Gasteiger charge is -2.07. The lowest BCUT2D eigenvalue weighted by Crippen LogP contribution is -2.08. The molecule has 1 atom stereocenters. The molecule has 1 rings (SSSR count). The Bertz CT molecular complexity index is 150. The first-order valence-corrected chi connectivity index (χ1v) is 4.61. The molecule has 64 valence electrons. The van der Waals surface area contributed by atoms with Crippen LogP contribution in [0.1, 0.15) is 32.6 Å². The second-order valence-electron chi connectivity index (χ2n) is 3.40. The first-order valence-electron chi connectivity index (χ1n) is 4.18. The largest absolute Gasteiger partial charge is 0.393 e. The molecule has 1 aliphatic carbocycles. The van der Waals surface area contributed by atoms with Crippen LogP contribution >= 0.6 is 11.6 Å². The molecule has 0 spiro atoms. The number of halogens is 1. The molecule has 1 fully saturated rings. The van der Waals surface area contributed by atoms with Crippen LogP contribution in [0.15, 0.2) is 11.1 Å². The molecule has 0 bridgehead atoms. The van der Waals surface area contributed by atoms with Crippen molar-refractivity contribution in [2.75, 3.05) is 0 Å². The van der Waals surface area contributed by atoms with Crippen LogP contribution < -0.4 is 0 Å². The average Bonchev–Trinajstić information content (AvgIpc) is 2.81. The van der Waals surface area contributed by atoms with Crippen molar-refractivity contribution < 1.29 is 5.11 Å². The van der Waals surface area contributed by atoms with E-state index in [0.29, 0.717) is 5.92 Å². The first-order chi connectivity index (χ1) is 5.24. The fourth-order valence-corrected chi connectivity index (χ4v) is 1.26. The average molecular weight is 175 g/mol. The Morgan fingerprint density at radius 1 is 1.73 bits per heavy atom. The SMILES string of the molecule is CC(=CCl)CCC(O)C1CC1. The molecular formula is C9H15ClO. The van der Waals surface area contributed by atoms with Gasteiger partial charge in [0.05, 0.1) is 6.10 Å². The zero-order valence-corrected chi connectivity index (χ0v) is 7.64. The second kappa shape index (κ2) is 4.13. The van der Waals surface area contributed by atoms with Crippen molar-refractivity contribution in [3.63, 3.8) is 0 Å². The van der Waals surface area contributed by atoms with E-state index in [1.54, 1.807) is 5.54 Å². The van der Waals surface area contributed by atoms with Crippen molar-refractivity contribution in [3.8, 4) is 0 Å². The quantitative estimate of drug-likeness (QED) is 0.695. The zero-order chi connectivity index (χ0) is 8.27. The minimum Gasteiger partial charge on any atom is -0.393 e. The van der Waals surface area contributed by atoms with Gasteiger partial charge in [-0.05, 0) is 38.5 Å². The first kappa shape index (κ1) is 9.08. The van der Waals surface area contributed by atoms with Gasteiger partial charge in [-0.15, -0.1) is 0 Å². The molecule has 0 amide bonds. The molecule has 0 radical (unpaired) electrons.